The first-order chi connectivity index (χ1) is 9.81. The Morgan fingerprint density at radius 1 is 1.10 bits per heavy atom. The summed E-state index contributed by atoms with van der Waals surface area (Å²) in [5.74, 6) is -0.135. The highest BCUT2D eigenvalue weighted by atomic mass is 79.9. The lowest BCUT2D eigenvalue weighted by Crippen LogP contribution is -2.08. The predicted molar refractivity (Wildman–Crippen MR) is 76.6 cm³/mol. The van der Waals surface area contributed by atoms with E-state index in [2.05, 4.69) is 15.9 Å². The normalized spacial score (nSPS) is 11.5. The Kier molecular flexibility index (Phi) is 4.81. The van der Waals surface area contributed by atoms with Crippen LogP contribution in [0.5, 0.6) is 11.5 Å². The summed E-state index contributed by atoms with van der Waals surface area (Å²) >= 11 is 8.95. The van der Waals surface area contributed by atoms with Crippen LogP contribution in [0.25, 0.3) is 0 Å². The van der Waals surface area contributed by atoms with E-state index in [1.165, 1.54) is 30.3 Å². The molecule has 112 valence electrons. The van der Waals surface area contributed by atoms with E-state index in [4.69, 9.17) is 21.4 Å². The van der Waals surface area contributed by atoms with E-state index >= 15 is 0 Å². The highest BCUT2D eigenvalue weighted by Crippen LogP contribution is 2.40. The second-order valence-electron chi connectivity index (χ2n) is 4.16. The molecule has 0 aliphatic heterocycles. The number of aliphatic hydroxyl groups is 1. The Labute approximate surface area is 132 Å². The van der Waals surface area contributed by atoms with Gasteiger partial charge in [0, 0.05) is 5.02 Å². The van der Waals surface area contributed by atoms with Crippen LogP contribution in [0.3, 0.4) is 0 Å². The van der Waals surface area contributed by atoms with E-state index in [1.54, 1.807) is 0 Å². The zero-order valence-corrected chi connectivity index (χ0v) is 12.8. The highest BCUT2D eigenvalue weighted by Gasteiger charge is 2.35. The van der Waals surface area contributed by atoms with Crippen molar-refractivity contribution in [3.8, 4) is 11.5 Å². The first-order valence-corrected chi connectivity index (χ1v) is 6.92. The van der Waals surface area contributed by atoms with Gasteiger partial charge in [0.1, 0.15) is 11.5 Å². The molecule has 0 saturated heterocycles. The number of rotatable bonds is 3. The van der Waals surface area contributed by atoms with Crippen molar-refractivity contribution >= 4 is 27.5 Å². The molecular formula is C14H9BrClF3O2. The van der Waals surface area contributed by atoms with Crippen LogP contribution >= 0.6 is 27.5 Å². The monoisotopic (exact) mass is 380 g/mol. The molecule has 0 aliphatic rings. The summed E-state index contributed by atoms with van der Waals surface area (Å²) < 4.78 is 44.9. The van der Waals surface area contributed by atoms with E-state index < -0.39 is 18.3 Å². The van der Waals surface area contributed by atoms with Gasteiger partial charge in [-0.1, -0.05) is 17.7 Å². The minimum absolute atomic E-state index is 0.157. The molecule has 0 aliphatic carbocycles. The zero-order chi connectivity index (χ0) is 15.6. The molecule has 21 heavy (non-hydrogen) atoms. The first-order valence-electron chi connectivity index (χ1n) is 5.75. The first kappa shape index (κ1) is 16.1. The molecule has 0 bridgehead atoms. The van der Waals surface area contributed by atoms with Crippen molar-refractivity contribution < 1.29 is 23.0 Å². The largest absolute Gasteiger partial charge is 0.456 e. The maximum Gasteiger partial charge on any atom is 0.419 e. The van der Waals surface area contributed by atoms with Gasteiger partial charge >= 0.3 is 6.18 Å². The molecule has 0 radical (unpaired) electrons. The molecule has 2 aromatic carbocycles. The van der Waals surface area contributed by atoms with Crippen LogP contribution in [0.4, 0.5) is 13.2 Å². The van der Waals surface area contributed by atoms with Gasteiger partial charge in [-0.3, -0.25) is 0 Å². The molecule has 2 aromatic rings. The molecule has 0 heterocycles. The van der Waals surface area contributed by atoms with Crippen molar-refractivity contribution in [1.29, 1.82) is 0 Å². The van der Waals surface area contributed by atoms with Crippen LogP contribution in [0, 0.1) is 0 Å². The second-order valence-corrected chi connectivity index (χ2v) is 5.45. The fourth-order valence-corrected chi connectivity index (χ4v) is 2.43. The van der Waals surface area contributed by atoms with Crippen LogP contribution in [0.2, 0.25) is 5.02 Å². The lowest BCUT2D eigenvalue weighted by Gasteiger charge is -2.15. The zero-order valence-electron chi connectivity index (χ0n) is 10.4. The summed E-state index contributed by atoms with van der Waals surface area (Å²) in [6, 6.07) is 7.90. The molecule has 0 amide bonds. The Morgan fingerprint density at radius 3 is 2.33 bits per heavy atom. The van der Waals surface area contributed by atoms with E-state index in [-0.39, 0.29) is 17.1 Å². The molecule has 7 heteroatoms. The van der Waals surface area contributed by atoms with Gasteiger partial charge < -0.3 is 9.84 Å². The number of halogens is 5. The molecule has 0 aromatic heterocycles. The Balaban J connectivity index is 2.44. The molecule has 0 spiro atoms. The molecule has 2 nitrogen and oxygen atoms in total. The molecule has 0 fully saturated rings. The van der Waals surface area contributed by atoms with Gasteiger partial charge in [0.2, 0.25) is 0 Å². The highest BCUT2D eigenvalue weighted by molar-refractivity contribution is 9.10. The fraction of sp³-hybridized carbons (Fsp3) is 0.143. The molecule has 0 saturated carbocycles. The molecule has 0 atom stereocenters. The summed E-state index contributed by atoms with van der Waals surface area (Å²) in [5.41, 5.74) is -0.791. The lowest BCUT2D eigenvalue weighted by atomic mass is 10.1. The summed E-state index contributed by atoms with van der Waals surface area (Å²) in [5, 5.41) is 9.38. The molecular weight excluding hydrogens is 373 g/mol. The summed E-state index contributed by atoms with van der Waals surface area (Å²) in [7, 11) is 0. The van der Waals surface area contributed by atoms with Crippen LogP contribution in [0.15, 0.2) is 40.9 Å². The van der Waals surface area contributed by atoms with E-state index in [0.29, 0.717) is 9.50 Å². The number of benzene rings is 2. The minimum Gasteiger partial charge on any atom is -0.456 e. The number of hydrogen-bond acceptors (Lipinski definition) is 2. The standard InChI is InChI=1S/C14H9BrClF3O2/c15-11-6-9(16)2-4-13(11)21-12-3-1-8(7-20)5-10(12)14(17,18)19/h1-6,20H,7H2. The van der Waals surface area contributed by atoms with Gasteiger partial charge in [0.05, 0.1) is 16.6 Å². The minimum atomic E-state index is -4.58. The number of alkyl halides is 3. The van der Waals surface area contributed by atoms with Gasteiger partial charge in [-0.2, -0.15) is 13.2 Å². The average molecular weight is 382 g/mol. The van der Waals surface area contributed by atoms with Crippen molar-refractivity contribution in [1.82, 2.24) is 0 Å². The maximum atomic E-state index is 13.0. The van der Waals surface area contributed by atoms with Crippen molar-refractivity contribution in [2.75, 3.05) is 0 Å². The topological polar surface area (TPSA) is 29.5 Å². The third kappa shape index (κ3) is 3.90. The quantitative estimate of drug-likeness (QED) is 0.771. The summed E-state index contributed by atoms with van der Waals surface area (Å²) in [6.07, 6.45) is -4.58. The van der Waals surface area contributed by atoms with E-state index in [0.717, 1.165) is 6.07 Å². The van der Waals surface area contributed by atoms with Crippen molar-refractivity contribution in [2.45, 2.75) is 12.8 Å². The second kappa shape index (κ2) is 6.25. The number of hydrogen-bond donors (Lipinski definition) is 1. The molecule has 2 rings (SSSR count). The van der Waals surface area contributed by atoms with Crippen molar-refractivity contribution in [3.63, 3.8) is 0 Å². The molecule has 0 unspecified atom stereocenters. The van der Waals surface area contributed by atoms with Crippen LogP contribution in [0.1, 0.15) is 11.1 Å². The Hall–Kier alpha value is -1.24. The van der Waals surface area contributed by atoms with Crippen molar-refractivity contribution in [3.05, 3.63) is 57.0 Å². The van der Waals surface area contributed by atoms with Gasteiger partial charge in [-0.15, -0.1) is 0 Å². The van der Waals surface area contributed by atoms with Gasteiger partial charge in [0.25, 0.3) is 0 Å². The van der Waals surface area contributed by atoms with Gasteiger partial charge in [-0.05, 0) is 51.8 Å². The van der Waals surface area contributed by atoms with E-state index in [9.17, 15) is 13.2 Å². The van der Waals surface area contributed by atoms with Crippen LogP contribution in [-0.4, -0.2) is 5.11 Å². The van der Waals surface area contributed by atoms with Crippen LogP contribution < -0.4 is 4.74 Å². The van der Waals surface area contributed by atoms with Gasteiger partial charge in [-0.25, -0.2) is 0 Å². The molecule has 1 N–H and O–H groups in total. The lowest BCUT2D eigenvalue weighted by molar-refractivity contribution is -0.138. The number of ether oxygens (including phenoxy) is 1. The third-order valence-corrected chi connectivity index (χ3v) is 3.50. The smallest absolute Gasteiger partial charge is 0.419 e. The number of aliphatic hydroxyl groups excluding tert-OH is 1. The maximum absolute atomic E-state index is 13.0. The SMILES string of the molecule is OCc1ccc(Oc2ccc(Cl)cc2Br)c(C(F)(F)F)c1. The average Bonchev–Trinajstić information content (AvgIpc) is 2.41. The predicted octanol–water partition coefficient (Wildman–Crippen LogP) is 5.41. The third-order valence-electron chi connectivity index (χ3n) is 2.65. The van der Waals surface area contributed by atoms with Crippen LogP contribution in [-0.2, 0) is 12.8 Å². The van der Waals surface area contributed by atoms with Gasteiger partial charge in [0.15, 0.2) is 0 Å². The summed E-state index contributed by atoms with van der Waals surface area (Å²) in [4.78, 5) is 0. The van der Waals surface area contributed by atoms with E-state index in [1.807, 2.05) is 0 Å². The van der Waals surface area contributed by atoms with Crippen molar-refractivity contribution in [2.24, 2.45) is 0 Å². The Bertz CT molecular complexity index is 659. The fourth-order valence-electron chi connectivity index (χ4n) is 1.66. The summed E-state index contributed by atoms with van der Waals surface area (Å²) in [6.45, 7) is -0.478. The Morgan fingerprint density at radius 2 is 1.76 bits per heavy atom.